The topological polar surface area (TPSA) is 159 Å². The average molecular weight is 588 g/mol. The normalized spacial score (nSPS) is 18.2. The molecule has 1 unspecified atom stereocenters. The summed E-state index contributed by atoms with van der Waals surface area (Å²) >= 11 is 0. The number of rotatable bonds is 12. The average Bonchev–Trinajstić information content (AvgIpc) is 3.18. The third kappa shape index (κ3) is 8.43. The fourth-order valence-electron chi connectivity index (χ4n) is 6.04. The number of aliphatic carboxylic acids is 2. The van der Waals surface area contributed by atoms with Gasteiger partial charge in [-0.05, 0) is 116 Å². The molecule has 9 heteroatoms. The van der Waals surface area contributed by atoms with Crippen LogP contribution in [0.5, 0.6) is 0 Å². The quantitative estimate of drug-likeness (QED) is 0.150. The molecule has 2 rings (SSSR count). The molecule has 1 atom stereocenters. The number of carbonyl (C=O) groups is 4. The lowest BCUT2D eigenvalue weighted by atomic mass is 9.75. The number of nitrogens with two attached hydrogens (primary N) is 1. The summed E-state index contributed by atoms with van der Waals surface area (Å²) in [5, 5.41) is 21.0. The van der Waals surface area contributed by atoms with Crippen LogP contribution >= 0.6 is 0 Å². The van der Waals surface area contributed by atoms with Crippen molar-refractivity contribution < 1.29 is 29.4 Å². The van der Waals surface area contributed by atoms with E-state index in [0.29, 0.717) is 25.9 Å². The molecule has 0 heterocycles. The highest BCUT2D eigenvalue weighted by molar-refractivity contribution is 6.27. The number of nitrogens with one attached hydrogen (secondary N) is 2. The molecular weight excluding hydrogens is 534 g/mol. The molecule has 6 N–H and O–H groups in total. The first-order valence-electron chi connectivity index (χ1n) is 14.8. The van der Waals surface area contributed by atoms with Gasteiger partial charge in [0.15, 0.2) is 0 Å². The number of carboxylic acids is 2. The standard InChI is InChI=1S/C31H51N3O2.C2H2O4/c1-19-20(2)24(6)30(9,23(19)5)15-14-28(35)34-27(13-11-12-17-32)29(36)33-18-16-31(10)25(7)21(3)22(4)26(31)8;3-1(4)2(5)6/h27H,11-18,32H2,1-10H3,(H,33,36)(H,34,35);(H,3,4)(H,5,6). The number of allylic oxidation sites excluding steroid dienone is 8. The zero-order valence-electron chi connectivity index (χ0n) is 27.3. The van der Waals surface area contributed by atoms with Gasteiger partial charge in [-0.15, -0.1) is 0 Å². The minimum atomic E-state index is -1.82. The van der Waals surface area contributed by atoms with E-state index in [1.54, 1.807) is 0 Å². The molecular formula is C33H53N3O6. The van der Waals surface area contributed by atoms with Crippen LogP contribution in [-0.2, 0) is 19.2 Å². The van der Waals surface area contributed by atoms with E-state index < -0.39 is 18.0 Å². The van der Waals surface area contributed by atoms with Crippen molar-refractivity contribution in [2.45, 2.75) is 114 Å². The van der Waals surface area contributed by atoms with Crippen molar-refractivity contribution in [3.05, 3.63) is 44.6 Å². The molecule has 2 amide bonds. The second-order valence-corrected chi connectivity index (χ2v) is 12.2. The number of amides is 2. The highest BCUT2D eigenvalue weighted by atomic mass is 16.4. The number of hydrogen-bond acceptors (Lipinski definition) is 5. The Labute approximate surface area is 251 Å². The van der Waals surface area contributed by atoms with Gasteiger partial charge < -0.3 is 26.6 Å². The molecule has 0 aromatic rings. The van der Waals surface area contributed by atoms with Crippen molar-refractivity contribution in [1.29, 1.82) is 0 Å². The van der Waals surface area contributed by atoms with E-state index in [1.807, 2.05) is 0 Å². The molecule has 0 saturated heterocycles. The van der Waals surface area contributed by atoms with E-state index in [0.717, 1.165) is 25.7 Å². The molecule has 0 spiro atoms. The maximum atomic E-state index is 13.2. The first-order valence-corrected chi connectivity index (χ1v) is 14.8. The van der Waals surface area contributed by atoms with Crippen LogP contribution in [0.4, 0.5) is 0 Å². The van der Waals surface area contributed by atoms with Crippen LogP contribution in [0.15, 0.2) is 44.6 Å². The van der Waals surface area contributed by atoms with E-state index >= 15 is 0 Å². The van der Waals surface area contributed by atoms with Crippen LogP contribution in [0, 0.1) is 10.8 Å². The number of hydrogen-bond donors (Lipinski definition) is 5. The van der Waals surface area contributed by atoms with Crippen molar-refractivity contribution in [3.63, 3.8) is 0 Å². The van der Waals surface area contributed by atoms with Crippen LogP contribution in [0.3, 0.4) is 0 Å². The molecule has 2 aliphatic rings. The summed E-state index contributed by atoms with van der Waals surface area (Å²) in [7, 11) is 0. The Morgan fingerprint density at radius 3 is 1.50 bits per heavy atom. The molecule has 0 fully saturated rings. The number of unbranched alkanes of at least 4 members (excludes halogenated alkanes) is 1. The Kier molecular flexibility index (Phi) is 13.4. The maximum absolute atomic E-state index is 13.2. The summed E-state index contributed by atoms with van der Waals surface area (Å²) in [4.78, 5) is 44.4. The minimum absolute atomic E-state index is 0.0243. The largest absolute Gasteiger partial charge is 0.473 e. The van der Waals surface area contributed by atoms with E-state index in [9.17, 15) is 9.59 Å². The first kappa shape index (κ1) is 36.8. The van der Waals surface area contributed by atoms with Crippen LogP contribution < -0.4 is 16.4 Å². The van der Waals surface area contributed by atoms with Crippen LogP contribution in [-0.4, -0.2) is 53.1 Å². The molecule has 0 bridgehead atoms. The van der Waals surface area contributed by atoms with Gasteiger partial charge in [0, 0.05) is 23.8 Å². The Morgan fingerprint density at radius 1 is 0.714 bits per heavy atom. The van der Waals surface area contributed by atoms with Crippen LogP contribution in [0.25, 0.3) is 0 Å². The highest BCUT2D eigenvalue weighted by Gasteiger charge is 2.37. The lowest BCUT2D eigenvalue weighted by molar-refractivity contribution is -0.159. The molecule has 0 aromatic carbocycles. The van der Waals surface area contributed by atoms with Gasteiger partial charge in [-0.1, -0.05) is 36.1 Å². The molecule has 236 valence electrons. The van der Waals surface area contributed by atoms with Crippen molar-refractivity contribution >= 4 is 23.8 Å². The zero-order valence-corrected chi connectivity index (χ0v) is 27.3. The monoisotopic (exact) mass is 587 g/mol. The molecule has 0 aromatic heterocycles. The summed E-state index contributed by atoms with van der Waals surface area (Å²) in [5.74, 6) is -3.80. The highest BCUT2D eigenvalue weighted by Crippen LogP contribution is 2.49. The van der Waals surface area contributed by atoms with Gasteiger partial charge in [0.2, 0.25) is 11.8 Å². The Bertz CT molecular complexity index is 1140. The van der Waals surface area contributed by atoms with Gasteiger partial charge in [0.1, 0.15) is 6.04 Å². The Balaban J connectivity index is 0.00000132. The van der Waals surface area contributed by atoms with E-state index in [2.05, 4.69) is 79.9 Å². The van der Waals surface area contributed by atoms with Crippen molar-refractivity contribution in [3.8, 4) is 0 Å². The molecule has 42 heavy (non-hydrogen) atoms. The Morgan fingerprint density at radius 2 is 1.12 bits per heavy atom. The van der Waals surface area contributed by atoms with E-state index in [4.69, 9.17) is 25.5 Å². The Hall–Kier alpha value is -3.20. The van der Waals surface area contributed by atoms with Gasteiger partial charge in [-0.25, -0.2) is 9.59 Å². The van der Waals surface area contributed by atoms with E-state index in [1.165, 1.54) is 44.6 Å². The summed E-state index contributed by atoms with van der Waals surface area (Å²) < 4.78 is 0. The third-order valence-corrected chi connectivity index (χ3v) is 10.2. The first-order chi connectivity index (χ1) is 19.4. The predicted octanol–water partition coefficient (Wildman–Crippen LogP) is 5.43. The lowest BCUT2D eigenvalue weighted by Crippen LogP contribution is -2.47. The second-order valence-electron chi connectivity index (χ2n) is 12.2. The van der Waals surface area contributed by atoms with Crippen molar-refractivity contribution in [2.24, 2.45) is 16.6 Å². The van der Waals surface area contributed by atoms with Gasteiger partial charge in [0.25, 0.3) is 0 Å². The molecule has 2 aliphatic carbocycles. The minimum Gasteiger partial charge on any atom is -0.473 e. The second kappa shape index (κ2) is 15.3. The molecule has 0 radical (unpaired) electrons. The number of carboxylic acid groups (broad SMARTS) is 2. The van der Waals surface area contributed by atoms with Gasteiger partial charge in [-0.2, -0.15) is 0 Å². The summed E-state index contributed by atoms with van der Waals surface area (Å²) in [6.45, 7) is 23.1. The van der Waals surface area contributed by atoms with Crippen LogP contribution in [0.2, 0.25) is 0 Å². The van der Waals surface area contributed by atoms with Gasteiger partial charge in [-0.3, -0.25) is 9.59 Å². The SMILES string of the molecule is CC1=C(C)C(C)(CCNC(=O)C(CCCCN)NC(=O)CCC2(C)C(C)=C(C)C(C)=C2C)C(C)=C1C.O=C(O)C(=O)O. The maximum Gasteiger partial charge on any atom is 0.414 e. The lowest BCUT2D eigenvalue weighted by Gasteiger charge is -2.30. The molecule has 9 nitrogen and oxygen atoms in total. The fourth-order valence-corrected chi connectivity index (χ4v) is 6.04. The predicted molar refractivity (Wildman–Crippen MR) is 167 cm³/mol. The number of carbonyl (C=O) groups excluding carboxylic acids is 2. The third-order valence-electron chi connectivity index (χ3n) is 10.2. The van der Waals surface area contributed by atoms with Crippen molar-refractivity contribution in [1.82, 2.24) is 10.6 Å². The van der Waals surface area contributed by atoms with Crippen molar-refractivity contribution in [2.75, 3.05) is 13.1 Å². The fraction of sp³-hybridized carbons (Fsp3) is 0.636. The summed E-state index contributed by atoms with van der Waals surface area (Å²) in [5.41, 5.74) is 16.4. The van der Waals surface area contributed by atoms with Gasteiger partial charge in [0.05, 0.1) is 0 Å². The van der Waals surface area contributed by atoms with Gasteiger partial charge >= 0.3 is 11.9 Å². The smallest absolute Gasteiger partial charge is 0.414 e. The van der Waals surface area contributed by atoms with Crippen LogP contribution in [0.1, 0.15) is 108 Å². The molecule has 0 aliphatic heterocycles. The van der Waals surface area contributed by atoms with E-state index in [-0.39, 0.29) is 22.6 Å². The zero-order chi connectivity index (χ0) is 32.6. The summed E-state index contributed by atoms with van der Waals surface area (Å²) in [6.07, 6.45) is 4.26. The molecule has 0 saturated carbocycles. The summed E-state index contributed by atoms with van der Waals surface area (Å²) in [6, 6.07) is -0.523.